The van der Waals surface area contributed by atoms with E-state index in [2.05, 4.69) is 5.32 Å². The van der Waals surface area contributed by atoms with Crippen molar-refractivity contribution in [1.82, 2.24) is 5.32 Å². The molecule has 1 aliphatic rings. The number of nitrogens with one attached hydrogen (secondary N) is 1. The lowest BCUT2D eigenvalue weighted by molar-refractivity contribution is 0.0907. The molecule has 0 radical (unpaired) electrons. The Morgan fingerprint density at radius 2 is 2.17 bits per heavy atom. The Hall–Kier alpha value is -2.01. The van der Waals surface area contributed by atoms with E-state index in [9.17, 15) is 9.18 Å². The lowest BCUT2D eigenvalue weighted by Crippen LogP contribution is -2.31. The number of furan rings is 1. The normalized spacial score (nSPS) is 14.3. The Labute approximate surface area is 138 Å². The van der Waals surface area contributed by atoms with Gasteiger partial charge in [-0.3, -0.25) is 4.79 Å². The summed E-state index contributed by atoms with van der Waals surface area (Å²) in [6.45, 7) is 0.803. The second-order valence-corrected chi connectivity index (χ2v) is 6.04. The fourth-order valence-electron chi connectivity index (χ4n) is 2.34. The number of rotatable bonds is 6. The van der Waals surface area contributed by atoms with Crippen LogP contribution < -0.4 is 10.1 Å². The molecule has 0 saturated heterocycles. The maximum Gasteiger partial charge on any atom is 0.287 e. The zero-order valence-electron chi connectivity index (χ0n) is 12.5. The van der Waals surface area contributed by atoms with Crippen molar-refractivity contribution in [2.75, 3.05) is 6.54 Å². The fourth-order valence-corrected chi connectivity index (χ4v) is 2.56. The van der Waals surface area contributed by atoms with E-state index in [1.807, 2.05) is 0 Å². The van der Waals surface area contributed by atoms with Gasteiger partial charge in [-0.2, -0.15) is 0 Å². The molecule has 122 valence electrons. The molecule has 1 aromatic carbocycles. The predicted molar refractivity (Wildman–Crippen MR) is 84.1 cm³/mol. The minimum Gasteiger partial charge on any atom is -0.484 e. The number of carbonyl (C=O) groups excluding carboxylic acids is 1. The minimum atomic E-state index is -0.425. The van der Waals surface area contributed by atoms with Crippen LogP contribution >= 0.6 is 11.6 Å². The van der Waals surface area contributed by atoms with Crippen LogP contribution in [0.25, 0.3) is 0 Å². The molecule has 0 bridgehead atoms. The minimum absolute atomic E-state index is 0.112. The number of amides is 1. The second-order valence-electron chi connectivity index (χ2n) is 5.64. The van der Waals surface area contributed by atoms with E-state index >= 15 is 0 Å². The lowest BCUT2D eigenvalue weighted by atomic mass is 9.85. The Balaban J connectivity index is 1.53. The average Bonchev–Trinajstić information content (AvgIpc) is 2.93. The maximum absolute atomic E-state index is 13.0. The van der Waals surface area contributed by atoms with Gasteiger partial charge >= 0.3 is 0 Å². The number of benzene rings is 1. The number of halogens is 2. The van der Waals surface area contributed by atoms with Gasteiger partial charge in [0.2, 0.25) is 0 Å². The lowest BCUT2D eigenvalue weighted by Gasteiger charge is -2.25. The summed E-state index contributed by atoms with van der Waals surface area (Å²) < 4.78 is 23.9. The highest BCUT2D eigenvalue weighted by atomic mass is 35.5. The molecule has 3 rings (SSSR count). The molecule has 4 nitrogen and oxygen atoms in total. The summed E-state index contributed by atoms with van der Waals surface area (Å²) in [4.78, 5) is 12.0. The van der Waals surface area contributed by atoms with Crippen molar-refractivity contribution in [3.8, 4) is 5.75 Å². The van der Waals surface area contributed by atoms with Crippen molar-refractivity contribution in [2.45, 2.75) is 25.9 Å². The smallest absolute Gasteiger partial charge is 0.287 e. The first-order valence-electron chi connectivity index (χ1n) is 7.56. The van der Waals surface area contributed by atoms with Crippen molar-refractivity contribution >= 4 is 17.5 Å². The summed E-state index contributed by atoms with van der Waals surface area (Å²) in [6, 6.07) is 7.19. The van der Waals surface area contributed by atoms with E-state index in [4.69, 9.17) is 20.8 Å². The molecule has 2 aromatic rings. The third kappa shape index (κ3) is 4.05. The molecule has 1 fully saturated rings. The Bertz CT molecular complexity index is 697. The van der Waals surface area contributed by atoms with Gasteiger partial charge in [-0.25, -0.2) is 4.39 Å². The van der Waals surface area contributed by atoms with Crippen LogP contribution in [0.2, 0.25) is 5.02 Å². The summed E-state index contributed by atoms with van der Waals surface area (Å²) in [7, 11) is 0. The number of hydrogen-bond donors (Lipinski definition) is 1. The zero-order chi connectivity index (χ0) is 16.2. The van der Waals surface area contributed by atoms with E-state index in [1.165, 1.54) is 37.5 Å². The van der Waals surface area contributed by atoms with Gasteiger partial charge in [0, 0.05) is 6.54 Å². The van der Waals surface area contributed by atoms with Gasteiger partial charge < -0.3 is 14.5 Å². The van der Waals surface area contributed by atoms with Crippen LogP contribution in [0.4, 0.5) is 4.39 Å². The molecule has 0 spiro atoms. The molecule has 1 N–H and O–H groups in total. The fraction of sp³-hybridized carbons (Fsp3) is 0.353. The molecule has 0 atom stereocenters. The Morgan fingerprint density at radius 1 is 1.35 bits per heavy atom. The van der Waals surface area contributed by atoms with Crippen LogP contribution in [0.5, 0.6) is 5.75 Å². The SMILES string of the molecule is O=C(NCC1CCC1)c1ccc(COc2ccc(F)cc2Cl)o1. The van der Waals surface area contributed by atoms with Crippen LogP contribution in [0.15, 0.2) is 34.7 Å². The van der Waals surface area contributed by atoms with Gasteiger partial charge in [-0.15, -0.1) is 0 Å². The van der Waals surface area contributed by atoms with Gasteiger partial charge in [0.25, 0.3) is 5.91 Å². The molecular formula is C17H17ClFNO3. The number of carbonyl (C=O) groups is 1. The summed E-state index contributed by atoms with van der Waals surface area (Å²) in [5.74, 6) is 1.07. The second kappa shape index (κ2) is 7.04. The molecule has 1 saturated carbocycles. The highest BCUT2D eigenvalue weighted by molar-refractivity contribution is 6.32. The van der Waals surface area contributed by atoms with Crippen LogP contribution in [0.3, 0.4) is 0 Å². The first-order chi connectivity index (χ1) is 11.1. The quantitative estimate of drug-likeness (QED) is 0.860. The van der Waals surface area contributed by atoms with E-state index < -0.39 is 5.82 Å². The average molecular weight is 338 g/mol. The molecule has 23 heavy (non-hydrogen) atoms. The zero-order valence-corrected chi connectivity index (χ0v) is 13.2. The third-order valence-electron chi connectivity index (χ3n) is 3.93. The molecule has 0 unspecified atom stereocenters. The summed E-state index contributed by atoms with van der Waals surface area (Å²) >= 11 is 5.88. The monoisotopic (exact) mass is 337 g/mol. The van der Waals surface area contributed by atoms with Crippen LogP contribution in [-0.4, -0.2) is 12.5 Å². The van der Waals surface area contributed by atoms with Gasteiger partial charge in [-0.1, -0.05) is 18.0 Å². The van der Waals surface area contributed by atoms with Crippen molar-refractivity contribution in [3.05, 3.63) is 52.7 Å². The topological polar surface area (TPSA) is 51.5 Å². The van der Waals surface area contributed by atoms with E-state index in [0.29, 0.717) is 24.0 Å². The first-order valence-corrected chi connectivity index (χ1v) is 7.94. The van der Waals surface area contributed by atoms with Crippen molar-refractivity contribution < 1.29 is 18.3 Å². The molecule has 6 heteroatoms. The van der Waals surface area contributed by atoms with Crippen molar-refractivity contribution in [2.24, 2.45) is 5.92 Å². The summed E-state index contributed by atoms with van der Waals surface area (Å²) in [5.41, 5.74) is 0. The highest BCUT2D eigenvalue weighted by Crippen LogP contribution is 2.26. The van der Waals surface area contributed by atoms with Crippen LogP contribution in [0, 0.1) is 11.7 Å². The third-order valence-corrected chi connectivity index (χ3v) is 4.22. The van der Waals surface area contributed by atoms with Gasteiger partial charge in [0.1, 0.15) is 23.9 Å². The standard InChI is InChI=1S/C17H17ClFNO3/c18-14-8-12(19)4-6-15(14)22-10-13-5-7-16(23-13)17(21)20-9-11-2-1-3-11/h4-8,11H,1-3,9-10H2,(H,20,21). The molecule has 1 heterocycles. The molecule has 1 amide bonds. The molecular weight excluding hydrogens is 321 g/mol. The molecule has 1 aromatic heterocycles. The van der Waals surface area contributed by atoms with Gasteiger partial charge in [0.05, 0.1) is 5.02 Å². The largest absolute Gasteiger partial charge is 0.484 e. The predicted octanol–water partition coefficient (Wildman–Crippen LogP) is 4.18. The molecule has 0 aliphatic heterocycles. The number of hydrogen-bond acceptors (Lipinski definition) is 3. The van der Waals surface area contributed by atoms with E-state index in [0.717, 1.165) is 0 Å². The highest BCUT2D eigenvalue weighted by Gasteiger charge is 2.19. The maximum atomic E-state index is 13.0. The van der Waals surface area contributed by atoms with Crippen LogP contribution in [0.1, 0.15) is 35.6 Å². The Morgan fingerprint density at radius 3 is 2.87 bits per heavy atom. The van der Waals surface area contributed by atoms with Crippen molar-refractivity contribution in [3.63, 3.8) is 0 Å². The van der Waals surface area contributed by atoms with E-state index in [-0.39, 0.29) is 23.3 Å². The van der Waals surface area contributed by atoms with E-state index in [1.54, 1.807) is 12.1 Å². The molecule has 1 aliphatic carbocycles. The van der Waals surface area contributed by atoms with Gasteiger partial charge in [-0.05, 0) is 49.1 Å². The summed E-state index contributed by atoms with van der Waals surface area (Å²) in [6.07, 6.45) is 3.60. The summed E-state index contributed by atoms with van der Waals surface area (Å²) in [5, 5.41) is 3.06. The number of ether oxygens (including phenoxy) is 1. The van der Waals surface area contributed by atoms with Crippen LogP contribution in [-0.2, 0) is 6.61 Å². The van der Waals surface area contributed by atoms with Gasteiger partial charge in [0.15, 0.2) is 5.76 Å². The first kappa shape index (κ1) is 15.9. The van der Waals surface area contributed by atoms with Crippen molar-refractivity contribution in [1.29, 1.82) is 0 Å². The Kier molecular flexibility index (Phi) is 4.86.